The van der Waals surface area contributed by atoms with Crippen LogP contribution >= 0.6 is 0 Å². The Bertz CT molecular complexity index is 433. The summed E-state index contributed by atoms with van der Waals surface area (Å²) in [5, 5.41) is 0. The Morgan fingerprint density at radius 1 is 0.920 bits per heavy atom. The maximum atomic E-state index is 12.3. The Morgan fingerprint density at radius 2 is 1.48 bits per heavy atom. The lowest BCUT2D eigenvalue weighted by Crippen LogP contribution is -2.25. The van der Waals surface area contributed by atoms with E-state index in [1.165, 1.54) is 70.6 Å². The number of hydrogen-bond donors (Lipinski definition) is 0. The predicted octanol–water partition coefficient (Wildman–Crippen LogP) is 6.59. The van der Waals surface area contributed by atoms with Gasteiger partial charge in [0.2, 0.25) is 0 Å². The minimum absolute atomic E-state index is 0.0208. The number of unbranched alkanes of at least 4 members (excludes halogenated alkanes) is 10. The van der Waals surface area contributed by atoms with Crippen molar-refractivity contribution in [3.05, 3.63) is 23.8 Å². The second kappa shape index (κ2) is 14.0. The van der Waals surface area contributed by atoms with Crippen molar-refractivity contribution in [2.75, 3.05) is 0 Å². The molecule has 0 aliphatic heterocycles. The Morgan fingerprint density at radius 3 is 2.00 bits per heavy atom. The van der Waals surface area contributed by atoms with Crippen molar-refractivity contribution in [3.63, 3.8) is 0 Å². The highest BCUT2D eigenvalue weighted by molar-refractivity contribution is 6.14. The summed E-state index contributed by atoms with van der Waals surface area (Å²) in [6.45, 7) is 4.42. The first-order chi connectivity index (χ1) is 12.2. The maximum Gasteiger partial charge on any atom is 0.173 e. The van der Waals surface area contributed by atoms with Gasteiger partial charge in [0.15, 0.2) is 12.1 Å². The number of hydrogen-bond acceptors (Lipinski definition) is 2. The van der Waals surface area contributed by atoms with Crippen LogP contribution in [0.5, 0.6) is 0 Å². The third-order valence-corrected chi connectivity index (χ3v) is 5.52. The average Bonchev–Trinajstić information content (AvgIpc) is 2.63. The lowest BCUT2D eigenvalue weighted by molar-refractivity contribution is -0.121. The SMILES string of the molecule is CCCCCCCCCCCCCC(CC)C1C=CC=C(C=O)C1=O. The number of ketones is 1. The molecule has 0 aromatic rings. The quantitative estimate of drug-likeness (QED) is 0.190. The molecule has 1 aliphatic carbocycles. The van der Waals surface area contributed by atoms with E-state index in [9.17, 15) is 9.59 Å². The number of Topliss-reactive ketones (excluding diaryl/α,β-unsaturated/α-hetero) is 1. The lowest BCUT2D eigenvalue weighted by Gasteiger charge is -2.24. The highest BCUT2D eigenvalue weighted by Crippen LogP contribution is 2.28. The lowest BCUT2D eigenvalue weighted by atomic mass is 9.79. The summed E-state index contributed by atoms with van der Waals surface area (Å²) in [4.78, 5) is 23.3. The molecule has 0 aromatic heterocycles. The number of rotatable bonds is 15. The van der Waals surface area contributed by atoms with Gasteiger partial charge in [-0.25, -0.2) is 0 Å². The van der Waals surface area contributed by atoms with Crippen LogP contribution in [0.2, 0.25) is 0 Å². The zero-order valence-electron chi connectivity index (χ0n) is 16.5. The van der Waals surface area contributed by atoms with Gasteiger partial charge in [0, 0.05) is 5.92 Å². The molecule has 0 N–H and O–H groups in total. The van der Waals surface area contributed by atoms with Crippen molar-refractivity contribution in [2.24, 2.45) is 11.8 Å². The van der Waals surface area contributed by atoms with Crippen molar-refractivity contribution in [1.82, 2.24) is 0 Å². The van der Waals surface area contributed by atoms with Crippen molar-refractivity contribution >= 4 is 12.1 Å². The number of carbonyl (C=O) groups is 2. The third kappa shape index (κ3) is 8.65. The van der Waals surface area contributed by atoms with Crippen molar-refractivity contribution < 1.29 is 9.59 Å². The standard InChI is InChI=1S/C23H38O2/c1-3-5-6-7-8-9-10-11-12-13-14-16-20(4-2)22-18-15-17-21(19-24)23(22)25/h15,17-20,22H,3-14,16H2,1-2H3. The molecule has 2 unspecified atom stereocenters. The molecule has 0 radical (unpaired) electrons. The van der Waals surface area contributed by atoms with Crippen LogP contribution in [0.4, 0.5) is 0 Å². The van der Waals surface area contributed by atoms with Crippen LogP contribution in [0.15, 0.2) is 23.8 Å². The predicted molar refractivity (Wildman–Crippen MR) is 107 cm³/mol. The molecule has 0 fully saturated rings. The maximum absolute atomic E-state index is 12.3. The Kier molecular flexibility index (Phi) is 12.3. The van der Waals surface area contributed by atoms with Gasteiger partial charge in [-0.05, 0) is 18.4 Å². The topological polar surface area (TPSA) is 34.1 Å². The second-order valence-corrected chi connectivity index (χ2v) is 7.51. The first-order valence-corrected chi connectivity index (χ1v) is 10.6. The summed E-state index contributed by atoms with van der Waals surface area (Å²) in [7, 11) is 0. The molecule has 0 bridgehead atoms. The fourth-order valence-corrected chi connectivity index (χ4v) is 3.82. The molecular weight excluding hydrogens is 308 g/mol. The van der Waals surface area contributed by atoms with Crippen LogP contribution in [-0.4, -0.2) is 12.1 Å². The molecule has 0 saturated carbocycles. The molecule has 1 rings (SSSR count). The number of aldehydes is 1. The summed E-state index contributed by atoms with van der Waals surface area (Å²) in [6.07, 6.45) is 23.2. The normalized spacial score (nSPS) is 18.2. The molecule has 0 amide bonds. The van der Waals surface area contributed by atoms with Gasteiger partial charge in [0.1, 0.15) is 0 Å². The van der Waals surface area contributed by atoms with E-state index < -0.39 is 0 Å². The van der Waals surface area contributed by atoms with E-state index in [1.54, 1.807) is 6.08 Å². The first-order valence-electron chi connectivity index (χ1n) is 10.6. The molecule has 2 heteroatoms. The van der Waals surface area contributed by atoms with Crippen LogP contribution in [0.25, 0.3) is 0 Å². The number of allylic oxidation sites excluding steroid dienone is 4. The average molecular weight is 347 g/mol. The van der Waals surface area contributed by atoms with Crippen LogP contribution in [-0.2, 0) is 9.59 Å². The molecule has 1 aliphatic rings. The minimum Gasteiger partial charge on any atom is -0.298 e. The van der Waals surface area contributed by atoms with E-state index in [1.807, 2.05) is 12.2 Å². The molecule has 2 nitrogen and oxygen atoms in total. The van der Waals surface area contributed by atoms with Gasteiger partial charge in [0.25, 0.3) is 0 Å². The second-order valence-electron chi connectivity index (χ2n) is 7.51. The van der Waals surface area contributed by atoms with E-state index in [2.05, 4.69) is 13.8 Å². The van der Waals surface area contributed by atoms with Gasteiger partial charge in [0.05, 0.1) is 5.57 Å². The van der Waals surface area contributed by atoms with Crippen LogP contribution in [0, 0.1) is 11.8 Å². The number of carbonyl (C=O) groups excluding carboxylic acids is 2. The minimum atomic E-state index is -0.0849. The van der Waals surface area contributed by atoms with Gasteiger partial charge in [-0.2, -0.15) is 0 Å². The van der Waals surface area contributed by atoms with Gasteiger partial charge in [-0.1, -0.05) is 103 Å². The first kappa shape index (κ1) is 21.9. The van der Waals surface area contributed by atoms with Gasteiger partial charge < -0.3 is 0 Å². The van der Waals surface area contributed by atoms with E-state index in [0.717, 1.165) is 12.8 Å². The molecule has 0 aromatic carbocycles. The highest BCUT2D eigenvalue weighted by Gasteiger charge is 2.28. The van der Waals surface area contributed by atoms with Crippen LogP contribution in [0.1, 0.15) is 97.3 Å². The molecule has 25 heavy (non-hydrogen) atoms. The molecule has 0 saturated heterocycles. The molecule has 0 spiro atoms. The summed E-state index contributed by atoms with van der Waals surface area (Å²) in [6, 6.07) is 0. The molecule has 142 valence electrons. The van der Waals surface area contributed by atoms with Crippen molar-refractivity contribution in [3.8, 4) is 0 Å². The van der Waals surface area contributed by atoms with E-state index >= 15 is 0 Å². The van der Waals surface area contributed by atoms with Crippen LogP contribution in [0.3, 0.4) is 0 Å². The van der Waals surface area contributed by atoms with E-state index in [-0.39, 0.29) is 11.7 Å². The monoisotopic (exact) mass is 346 g/mol. The Hall–Kier alpha value is -1.18. The summed E-state index contributed by atoms with van der Waals surface area (Å²) in [5.41, 5.74) is 0.338. The zero-order chi connectivity index (χ0) is 18.3. The van der Waals surface area contributed by atoms with E-state index in [4.69, 9.17) is 0 Å². The van der Waals surface area contributed by atoms with Crippen molar-refractivity contribution in [2.45, 2.75) is 97.3 Å². The van der Waals surface area contributed by atoms with Gasteiger partial charge in [-0.3, -0.25) is 9.59 Å². The van der Waals surface area contributed by atoms with Crippen molar-refractivity contribution in [1.29, 1.82) is 0 Å². The summed E-state index contributed by atoms with van der Waals surface area (Å²) in [5.74, 6) is 0.316. The molecule has 2 atom stereocenters. The zero-order valence-corrected chi connectivity index (χ0v) is 16.5. The fraction of sp³-hybridized carbons (Fsp3) is 0.739. The fourth-order valence-electron chi connectivity index (χ4n) is 3.82. The smallest absolute Gasteiger partial charge is 0.173 e. The Balaban J connectivity index is 2.10. The van der Waals surface area contributed by atoms with Gasteiger partial charge in [-0.15, -0.1) is 0 Å². The third-order valence-electron chi connectivity index (χ3n) is 5.52. The largest absolute Gasteiger partial charge is 0.298 e. The van der Waals surface area contributed by atoms with E-state index in [0.29, 0.717) is 17.8 Å². The molecular formula is C23H38O2. The highest BCUT2D eigenvalue weighted by atomic mass is 16.1. The van der Waals surface area contributed by atoms with Crippen LogP contribution < -0.4 is 0 Å². The molecule has 0 heterocycles. The summed E-state index contributed by atoms with van der Waals surface area (Å²) >= 11 is 0. The summed E-state index contributed by atoms with van der Waals surface area (Å²) < 4.78 is 0. The van der Waals surface area contributed by atoms with Gasteiger partial charge >= 0.3 is 0 Å². The Labute approximate surface area is 155 Å².